The van der Waals surface area contributed by atoms with Gasteiger partial charge in [-0.1, -0.05) is 39.0 Å². The lowest BCUT2D eigenvalue weighted by Crippen LogP contribution is -2.49. The maximum atomic E-state index is 12.9. The molecule has 7 heteroatoms. The van der Waals surface area contributed by atoms with Crippen molar-refractivity contribution in [1.82, 2.24) is 20.1 Å². The third-order valence-electron chi connectivity index (χ3n) is 5.68. The molecular weight excluding hydrogens is 400 g/mol. The summed E-state index contributed by atoms with van der Waals surface area (Å²) in [5, 5.41) is 11.8. The number of piperazine rings is 1. The fourth-order valence-electron chi connectivity index (χ4n) is 3.74. The number of carbonyl (C=O) groups excluding carboxylic acids is 1. The number of carbonyl (C=O) groups is 1. The maximum absolute atomic E-state index is 12.9. The number of benzene rings is 1. The van der Waals surface area contributed by atoms with Gasteiger partial charge in [-0.3, -0.25) is 4.79 Å². The maximum Gasteiger partial charge on any atom is 0.253 e. The molecule has 4 rings (SSSR count). The van der Waals surface area contributed by atoms with E-state index in [9.17, 15) is 4.79 Å². The van der Waals surface area contributed by atoms with E-state index in [0.29, 0.717) is 18.9 Å². The molecule has 1 N–H and O–H groups in total. The molecular formula is C25H30N6O. The van der Waals surface area contributed by atoms with Gasteiger partial charge in [-0.2, -0.15) is 0 Å². The first-order chi connectivity index (χ1) is 15.3. The molecule has 0 unspecified atom stereocenters. The second kappa shape index (κ2) is 8.94. The van der Waals surface area contributed by atoms with Crippen molar-refractivity contribution in [1.29, 1.82) is 0 Å². The van der Waals surface area contributed by atoms with E-state index in [-0.39, 0.29) is 11.3 Å². The Morgan fingerprint density at radius 1 is 0.875 bits per heavy atom. The second-order valence-electron chi connectivity index (χ2n) is 9.17. The van der Waals surface area contributed by atoms with Gasteiger partial charge in [0.05, 0.1) is 0 Å². The van der Waals surface area contributed by atoms with Crippen LogP contribution in [-0.2, 0) is 5.41 Å². The molecule has 1 fully saturated rings. The van der Waals surface area contributed by atoms with Gasteiger partial charge in [0.2, 0.25) is 0 Å². The van der Waals surface area contributed by atoms with E-state index in [0.717, 1.165) is 36.0 Å². The van der Waals surface area contributed by atoms with Gasteiger partial charge >= 0.3 is 0 Å². The van der Waals surface area contributed by atoms with E-state index in [1.165, 1.54) is 5.56 Å². The molecule has 3 heterocycles. The van der Waals surface area contributed by atoms with E-state index in [4.69, 9.17) is 0 Å². The van der Waals surface area contributed by atoms with Crippen LogP contribution in [0.1, 0.15) is 42.4 Å². The molecule has 32 heavy (non-hydrogen) atoms. The highest BCUT2D eigenvalue weighted by atomic mass is 16.2. The number of rotatable bonds is 4. The van der Waals surface area contributed by atoms with Gasteiger partial charge in [-0.25, -0.2) is 4.98 Å². The molecule has 0 bridgehead atoms. The minimum absolute atomic E-state index is 0.0792. The molecule has 2 aromatic heterocycles. The van der Waals surface area contributed by atoms with Crippen molar-refractivity contribution in [3.63, 3.8) is 0 Å². The lowest BCUT2D eigenvalue weighted by Gasteiger charge is -2.35. The zero-order valence-electron chi connectivity index (χ0n) is 19.2. The summed E-state index contributed by atoms with van der Waals surface area (Å²) >= 11 is 0. The van der Waals surface area contributed by atoms with Crippen molar-refractivity contribution in [3.8, 4) is 0 Å². The molecule has 1 saturated heterocycles. The van der Waals surface area contributed by atoms with Gasteiger partial charge in [0.25, 0.3) is 5.91 Å². The number of amides is 1. The van der Waals surface area contributed by atoms with Crippen LogP contribution in [-0.4, -0.2) is 52.2 Å². The first kappa shape index (κ1) is 21.7. The molecule has 7 nitrogen and oxygen atoms in total. The summed E-state index contributed by atoms with van der Waals surface area (Å²) in [5.74, 6) is 2.30. The normalized spacial score (nSPS) is 14.4. The van der Waals surface area contributed by atoms with E-state index in [2.05, 4.69) is 58.3 Å². The first-order valence-corrected chi connectivity index (χ1v) is 11.0. The smallest absolute Gasteiger partial charge is 0.253 e. The number of aromatic nitrogens is 3. The molecule has 0 radical (unpaired) electrons. The minimum atomic E-state index is 0.0792. The fourth-order valence-corrected chi connectivity index (χ4v) is 3.74. The first-order valence-electron chi connectivity index (χ1n) is 11.0. The highest BCUT2D eigenvalue weighted by Crippen LogP contribution is 2.23. The van der Waals surface area contributed by atoms with Crippen LogP contribution in [0.3, 0.4) is 0 Å². The van der Waals surface area contributed by atoms with Crippen molar-refractivity contribution >= 4 is 23.4 Å². The van der Waals surface area contributed by atoms with Crippen LogP contribution in [0.15, 0.2) is 54.6 Å². The third-order valence-corrected chi connectivity index (χ3v) is 5.68. The number of hydrogen-bond acceptors (Lipinski definition) is 6. The van der Waals surface area contributed by atoms with Gasteiger partial charge < -0.3 is 15.1 Å². The quantitative estimate of drug-likeness (QED) is 0.669. The predicted molar refractivity (Wildman–Crippen MR) is 128 cm³/mol. The van der Waals surface area contributed by atoms with Crippen LogP contribution in [0, 0.1) is 6.92 Å². The minimum Gasteiger partial charge on any atom is -0.352 e. The Labute approximate surface area is 189 Å². The molecule has 0 atom stereocenters. The molecule has 3 aromatic rings. The topological polar surface area (TPSA) is 74.2 Å². The zero-order valence-corrected chi connectivity index (χ0v) is 19.2. The molecule has 1 aromatic carbocycles. The van der Waals surface area contributed by atoms with Crippen LogP contribution in [0.25, 0.3) is 0 Å². The van der Waals surface area contributed by atoms with Gasteiger partial charge in [0.15, 0.2) is 11.6 Å². The highest BCUT2D eigenvalue weighted by molar-refractivity contribution is 5.94. The van der Waals surface area contributed by atoms with Crippen LogP contribution < -0.4 is 10.2 Å². The van der Waals surface area contributed by atoms with Crippen molar-refractivity contribution in [3.05, 3.63) is 71.4 Å². The SMILES string of the molecule is Cc1cccc(Nc2ccc(N3CCN(C(=O)c4ccc(C(C)(C)C)cc4)CC3)nn2)n1. The van der Waals surface area contributed by atoms with Gasteiger partial charge in [0.1, 0.15) is 5.82 Å². The fraction of sp³-hybridized carbons (Fsp3) is 0.360. The van der Waals surface area contributed by atoms with Crippen LogP contribution >= 0.6 is 0 Å². The Balaban J connectivity index is 1.33. The average molecular weight is 431 g/mol. The summed E-state index contributed by atoms with van der Waals surface area (Å²) in [4.78, 5) is 21.4. The molecule has 0 spiro atoms. The zero-order chi connectivity index (χ0) is 22.7. The van der Waals surface area contributed by atoms with Gasteiger partial charge in [0, 0.05) is 37.4 Å². The lowest BCUT2D eigenvalue weighted by atomic mass is 9.86. The standard InChI is InChI=1S/C25H30N6O/c1-18-6-5-7-21(26-18)27-22-12-13-23(29-28-22)30-14-16-31(17-15-30)24(32)19-8-10-20(11-9-19)25(2,3)4/h5-13H,14-17H2,1-4H3,(H,26,27,28). The van der Waals surface area contributed by atoms with Crippen molar-refractivity contribution in [2.45, 2.75) is 33.1 Å². The van der Waals surface area contributed by atoms with Gasteiger partial charge in [-0.05, 0) is 54.3 Å². The number of anilines is 3. The largest absolute Gasteiger partial charge is 0.352 e. The Morgan fingerprint density at radius 2 is 1.59 bits per heavy atom. The molecule has 1 amide bonds. The Bertz CT molecular complexity index is 1060. The summed E-state index contributed by atoms with van der Waals surface area (Å²) in [7, 11) is 0. The van der Waals surface area contributed by atoms with E-state index in [1.54, 1.807) is 0 Å². The van der Waals surface area contributed by atoms with Crippen molar-refractivity contribution in [2.75, 3.05) is 36.4 Å². The van der Waals surface area contributed by atoms with E-state index in [1.807, 2.05) is 54.3 Å². The molecule has 0 aliphatic carbocycles. The Kier molecular flexibility index (Phi) is 6.08. The molecule has 166 valence electrons. The summed E-state index contributed by atoms with van der Waals surface area (Å²) in [6.45, 7) is 11.3. The summed E-state index contributed by atoms with van der Waals surface area (Å²) in [5.41, 5.74) is 2.99. The van der Waals surface area contributed by atoms with Crippen LogP contribution in [0.4, 0.5) is 17.5 Å². The van der Waals surface area contributed by atoms with E-state index < -0.39 is 0 Å². The second-order valence-corrected chi connectivity index (χ2v) is 9.17. The highest BCUT2D eigenvalue weighted by Gasteiger charge is 2.23. The molecule has 0 saturated carbocycles. The Morgan fingerprint density at radius 3 is 2.19 bits per heavy atom. The lowest BCUT2D eigenvalue weighted by molar-refractivity contribution is 0.0746. The van der Waals surface area contributed by atoms with Gasteiger partial charge in [-0.15, -0.1) is 10.2 Å². The summed E-state index contributed by atoms with van der Waals surface area (Å²) in [6, 6.07) is 17.6. The number of nitrogens with one attached hydrogen (secondary N) is 1. The average Bonchev–Trinajstić information content (AvgIpc) is 2.79. The van der Waals surface area contributed by atoms with Crippen LogP contribution in [0.5, 0.6) is 0 Å². The predicted octanol–water partition coefficient (Wildman–Crippen LogP) is 4.18. The summed E-state index contributed by atoms with van der Waals surface area (Å²) < 4.78 is 0. The molecule has 1 aliphatic rings. The summed E-state index contributed by atoms with van der Waals surface area (Å²) in [6.07, 6.45) is 0. The van der Waals surface area contributed by atoms with E-state index >= 15 is 0 Å². The van der Waals surface area contributed by atoms with Crippen molar-refractivity contribution < 1.29 is 4.79 Å². The number of aryl methyl sites for hydroxylation is 1. The number of pyridine rings is 1. The monoisotopic (exact) mass is 430 g/mol. The van der Waals surface area contributed by atoms with Crippen molar-refractivity contribution in [2.24, 2.45) is 0 Å². The van der Waals surface area contributed by atoms with Crippen LogP contribution in [0.2, 0.25) is 0 Å². The molecule has 1 aliphatic heterocycles. The Hall–Kier alpha value is -3.48. The third kappa shape index (κ3) is 5.04. The number of hydrogen-bond donors (Lipinski definition) is 1. The number of nitrogens with zero attached hydrogens (tertiary/aromatic N) is 5.